The Kier molecular flexibility index (Phi) is 6.74. The minimum atomic E-state index is -0.198. The average Bonchev–Trinajstić information content (AvgIpc) is 3.16. The standard InChI is InChI=1S/C20H21BrClN3O2/c21-15-5-3-14(4-6-15)20(27)23-10-9-19(26)24-17-13-16(22)7-8-18(17)25-11-1-2-12-25/h3-8,13H,1-2,9-12H2,(H,23,27)(H,24,26). The molecule has 1 heterocycles. The van der Waals surface area contributed by atoms with E-state index in [0.717, 1.165) is 36.1 Å². The third kappa shape index (κ3) is 5.47. The third-order valence-corrected chi connectivity index (χ3v) is 5.19. The summed E-state index contributed by atoms with van der Waals surface area (Å²) in [7, 11) is 0. The number of rotatable bonds is 6. The Labute approximate surface area is 172 Å². The minimum Gasteiger partial charge on any atom is -0.370 e. The molecule has 2 aromatic rings. The van der Waals surface area contributed by atoms with Crippen LogP contribution in [0.2, 0.25) is 5.02 Å². The normalized spacial score (nSPS) is 13.5. The van der Waals surface area contributed by atoms with Crippen molar-refractivity contribution in [1.29, 1.82) is 0 Å². The van der Waals surface area contributed by atoms with E-state index >= 15 is 0 Å². The lowest BCUT2D eigenvalue weighted by atomic mass is 10.2. The molecule has 27 heavy (non-hydrogen) atoms. The van der Waals surface area contributed by atoms with Crippen molar-refractivity contribution in [3.05, 3.63) is 57.5 Å². The number of amides is 2. The number of hydrogen-bond donors (Lipinski definition) is 2. The van der Waals surface area contributed by atoms with E-state index in [1.807, 2.05) is 12.1 Å². The van der Waals surface area contributed by atoms with Gasteiger partial charge in [-0.2, -0.15) is 0 Å². The Morgan fingerprint density at radius 1 is 1.07 bits per heavy atom. The summed E-state index contributed by atoms with van der Waals surface area (Å²) in [6, 6.07) is 12.6. The van der Waals surface area contributed by atoms with Gasteiger partial charge in [0.15, 0.2) is 0 Å². The number of benzene rings is 2. The van der Waals surface area contributed by atoms with Crippen LogP contribution in [0.25, 0.3) is 0 Å². The van der Waals surface area contributed by atoms with Gasteiger partial charge in [-0.3, -0.25) is 9.59 Å². The van der Waals surface area contributed by atoms with Gasteiger partial charge in [-0.1, -0.05) is 27.5 Å². The summed E-state index contributed by atoms with van der Waals surface area (Å²) in [4.78, 5) is 26.7. The van der Waals surface area contributed by atoms with Crippen molar-refractivity contribution in [3.8, 4) is 0 Å². The highest BCUT2D eigenvalue weighted by molar-refractivity contribution is 9.10. The van der Waals surface area contributed by atoms with Gasteiger partial charge in [-0.15, -0.1) is 0 Å². The van der Waals surface area contributed by atoms with E-state index < -0.39 is 0 Å². The quantitative estimate of drug-likeness (QED) is 0.683. The lowest BCUT2D eigenvalue weighted by molar-refractivity contribution is -0.116. The van der Waals surface area contributed by atoms with Crippen molar-refractivity contribution in [2.24, 2.45) is 0 Å². The molecule has 0 aliphatic carbocycles. The van der Waals surface area contributed by atoms with Crippen LogP contribution in [0.3, 0.4) is 0 Å². The van der Waals surface area contributed by atoms with Gasteiger partial charge in [0.05, 0.1) is 11.4 Å². The molecular weight excluding hydrogens is 430 g/mol. The fraction of sp³-hybridized carbons (Fsp3) is 0.300. The molecule has 142 valence electrons. The van der Waals surface area contributed by atoms with Gasteiger partial charge >= 0.3 is 0 Å². The second-order valence-electron chi connectivity index (χ2n) is 6.42. The lowest BCUT2D eigenvalue weighted by Crippen LogP contribution is -2.28. The van der Waals surface area contributed by atoms with E-state index in [0.29, 0.717) is 16.3 Å². The molecule has 1 saturated heterocycles. The monoisotopic (exact) mass is 449 g/mol. The highest BCUT2D eigenvalue weighted by Crippen LogP contribution is 2.31. The fourth-order valence-electron chi connectivity index (χ4n) is 3.05. The maximum absolute atomic E-state index is 12.3. The first-order valence-corrected chi connectivity index (χ1v) is 10.1. The molecule has 0 saturated carbocycles. The number of nitrogens with zero attached hydrogens (tertiary/aromatic N) is 1. The predicted octanol–water partition coefficient (Wildman–Crippen LogP) is 4.46. The summed E-state index contributed by atoms with van der Waals surface area (Å²) >= 11 is 9.44. The third-order valence-electron chi connectivity index (χ3n) is 4.42. The average molecular weight is 451 g/mol. The molecule has 2 aromatic carbocycles. The van der Waals surface area contributed by atoms with Crippen LogP contribution in [0.5, 0.6) is 0 Å². The maximum atomic E-state index is 12.3. The summed E-state index contributed by atoms with van der Waals surface area (Å²) in [6.07, 6.45) is 2.49. The summed E-state index contributed by atoms with van der Waals surface area (Å²) in [5.41, 5.74) is 2.27. The van der Waals surface area contributed by atoms with Crippen molar-refractivity contribution in [3.63, 3.8) is 0 Å². The molecule has 0 spiro atoms. The largest absolute Gasteiger partial charge is 0.370 e. The Morgan fingerprint density at radius 2 is 1.78 bits per heavy atom. The Balaban J connectivity index is 1.54. The molecule has 7 heteroatoms. The van der Waals surface area contributed by atoms with Gasteiger partial charge in [0.1, 0.15) is 0 Å². The zero-order valence-corrected chi connectivity index (χ0v) is 17.1. The molecule has 0 aromatic heterocycles. The van der Waals surface area contributed by atoms with E-state index in [1.165, 1.54) is 0 Å². The molecular formula is C20H21BrClN3O2. The SMILES string of the molecule is O=C(CCNC(=O)c1ccc(Br)cc1)Nc1cc(Cl)ccc1N1CCCC1. The summed E-state index contributed by atoms with van der Waals surface area (Å²) < 4.78 is 0.911. The van der Waals surface area contributed by atoms with Crippen LogP contribution >= 0.6 is 27.5 Å². The van der Waals surface area contributed by atoms with E-state index in [4.69, 9.17) is 11.6 Å². The van der Waals surface area contributed by atoms with Gasteiger partial charge in [0.25, 0.3) is 5.91 Å². The van der Waals surface area contributed by atoms with E-state index in [1.54, 1.807) is 30.3 Å². The summed E-state index contributed by atoms with van der Waals surface area (Å²) in [6.45, 7) is 2.22. The van der Waals surface area contributed by atoms with Gasteiger partial charge in [-0.25, -0.2) is 0 Å². The molecule has 0 bridgehead atoms. The van der Waals surface area contributed by atoms with E-state index in [2.05, 4.69) is 31.5 Å². The second-order valence-corrected chi connectivity index (χ2v) is 7.77. The van der Waals surface area contributed by atoms with Crippen molar-refractivity contribution in [2.45, 2.75) is 19.3 Å². The molecule has 0 radical (unpaired) electrons. The number of anilines is 2. The molecule has 0 atom stereocenters. The molecule has 1 fully saturated rings. The number of nitrogens with one attached hydrogen (secondary N) is 2. The Hall–Kier alpha value is -2.05. The Morgan fingerprint density at radius 3 is 2.48 bits per heavy atom. The highest BCUT2D eigenvalue weighted by atomic mass is 79.9. The first-order valence-electron chi connectivity index (χ1n) is 8.91. The first-order chi connectivity index (χ1) is 13.0. The van der Waals surface area contributed by atoms with E-state index in [9.17, 15) is 9.59 Å². The molecule has 0 unspecified atom stereocenters. The second kappa shape index (κ2) is 9.24. The molecule has 5 nitrogen and oxygen atoms in total. The van der Waals surface area contributed by atoms with Gasteiger partial charge in [-0.05, 0) is 55.3 Å². The van der Waals surface area contributed by atoms with Crippen LogP contribution < -0.4 is 15.5 Å². The number of carbonyl (C=O) groups is 2. The molecule has 3 rings (SSSR count). The van der Waals surface area contributed by atoms with Crippen molar-refractivity contribution >= 4 is 50.7 Å². The van der Waals surface area contributed by atoms with Crippen molar-refractivity contribution < 1.29 is 9.59 Å². The lowest BCUT2D eigenvalue weighted by Gasteiger charge is -2.22. The minimum absolute atomic E-state index is 0.159. The smallest absolute Gasteiger partial charge is 0.251 e. The summed E-state index contributed by atoms with van der Waals surface area (Å²) in [5, 5.41) is 6.27. The van der Waals surface area contributed by atoms with Crippen LogP contribution in [0.15, 0.2) is 46.9 Å². The molecule has 2 amide bonds. The number of hydrogen-bond acceptors (Lipinski definition) is 3. The highest BCUT2D eigenvalue weighted by Gasteiger charge is 2.17. The van der Waals surface area contributed by atoms with Gasteiger partial charge < -0.3 is 15.5 Å². The zero-order valence-electron chi connectivity index (χ0n) is 14.8. The predicted molar refractivity (Wildman–Crippen MR) is 113 cm³/mol. The fourth-order valence-corrected chi connectivity index (χ4v) is 3.48. The topological polar surface area (TPSA) is 61.4 Å². The van der Waals surface area contributed by atoms with Crippen LogP contribution in [0.1, 0.15) is 29.6 Å². The number of halogens is 2. The summed E-state index contributed by atoms with van der Waals surface area (Å²) in [5.74, 6) is -0.357. The van der Waals surface area contributed by atoms with Crippen molar-refractivity contribution in [2.75, 3.05) is 29.9 Å². The Bertz CT molecular complexity index is 820. The maximum Gasteiger partial charge on any atom is 0.251 e. The van der Waals surface area contributed by atoms with Crippen LogP contribution in [0, 0.1) is 0 Å². The van der Waals surface area contributed by atoms with E-state index in [-0.39, 0.29) is 24.8 Å². The first kappa shape index (κ1) is 19.7. The molecule has 1 aliphatic rings. The van der Waals surface area contributed by atoms with Gasteiger partial charge in [0, 0.05) is 41.1 Å². The number of carbonyl (C=O) groups excluding carboxylic acids is 2. The zero-order chi connectivity index (χ0) is 19.2. The van der Waals surface area contributed by atoms with Crippen LogP contribution in [0.4, 0.5) is 11.4 Å². The molecule has 2 N–H and O–H groups in total. The van der Waals surface area contributed by atoms with Crippen LogP contribution in [-0.2, 0) is 4.79 Å². The van der Waals surface area contributed by atoms with Gasteiger partial charge in [0.2, 0.25) is 5.91 Å². The van der Waals surface area contributed by atoms with Crippen molar-refractivity contribution in [1.82, 2.24) is 5.32 Å². The molecule has 1 aliphatic heterocycles. The van der Waals surface area contributed by atoms with Crippen LogP contribution in [-0.4, -0.2) is 31.4 Å².